The number of hydrogen-bond acceptors (Lipinski definition) is 4. The maximum atomic E-state index is 5.18. The Labute approximate surface area is 328 Å². The minimum absolute atomic E-state index is 0.0643. The Hall–Kier alpha value is -7.04. The predicted octanol–water partition coefficient (Wildman–Crippen LogP) is 13.4. The number of hydrogen-bond donors (Lipinski definition) is 0. The van der Waals surface area contributed by atoms with Crippen LogP contribution in [0.4, 0.5) is 0 Å². The third-order valence-electron chi connectivity index (χ3n) is 10.3. The van der Waals surface area contributed by atoms with Crippen molar-refractivity contribution in [3.05, 3.63) is 194 Å². The summed E-state index contributed by atoms with van der Waals surface area (Å²) in [5, 5.41) is 2.36. The molecule has 2 heterocycles. The Bertz CT molecular complexity index is 2680. The van der Waals surface area contributed by atoms with E-state index in [4.69, 9.17) is 19.9 Å². The van der Waals surface area contributed by atoms with Gasteiger partial charge in [-0.2, -0.15) is 0 Å². The van der Waals surface area contributed by atoms with Crippen molar-refractivity contribution in [3.8, 4) is 78.8 Å². The molecule has 0 radical (unpaired) electrons. The first-order valence-corrected chi connectivity index (χ1v) is 19.1. The van der Waals surface area contributed by atoms with E-state index in [1.54, 1.807) is 0 Å². The van der Waals surface area contributed by atoms with Crippen LogP contribution in [0.1, 0.15) is 26.5 Å². The predicted molar refractivity (Wildman–Crippen MR) is 232 cm³/mol. The quantitative estimate of drug-likeness (QED) is 0.164. The second kappa shape index (κ2) is 14.7. The van der Waals surface area contributed by atoms with Gasteiger partial charge in [-0.15, -0.1) is 0 Å². The number of nitrogens with zero attached hydrogens (tertiary/aromatic N) is 4. The number of aromatic nitrogens is 4. The summed E-state index contributed by atoms with van der Waals surface area (Å²) >= 11 is 0. The molecule has 9 aromatic rings. The van der Waals surface area contributed by atoms with Gasteiger partial charge in [-0.1, -0.05) is 197 Å². The van der Waals surface area contributed by atoms with Crippen LogP contribution in [0.2, 0.25) is 0 Å². The van der Waals surface area contributed by atoms with Gasteiger partial charge in [0, 0.05) is 38.7 Å². The molecule has 56 heavy (non-hydrogen) atoms. The summed E-state index contributed by atoms with van der Waals surface area (Å²) in [5.41, 5.74) is 12.7. The van der Waals surface area contributed by atoms with Crippen LogP contribution in [-0.2, 0) is 5.41 Å². The molecular formula is C52H40N4. The number of fused-ring (bicyclic) bond motifs is 1. The summed E-state index contributed by atoms with van der Waals surface area (Å²) in [6, 6.07) is 65.6. The van der Waals surface area contributed by atoms with Crippen LogP contribution >= 0.6 is 0 Å². The minimum Gasteiger partial charge on any atom is -0.252 e. The Kier molecular flexibility index (Phi) is 9.08. The maximum absolute atomic E-state index is 5.18. The number of rotatable bonds is 7. The molecule has 0 N–H and O–H groups in total. The molecule has 0 saturated carbocycles. The summed E-state index contributed by atoms with van der Waals surface area (Å²) in [5.74, 6) is 1.88. The van der Waals surface area contributed by atoms with Crippen LogP contribution in [0.25, 0.3) is 89.6 Å². The van der Waals surface area contributed by atoms with Crippen molar-refractivity contribution in [2.75, 3.05) is 0 Å². The van der Waals surface area contributed by atoms with Crippen molar-refractivity contribution in [3.63, 3.8) is 0 Å². The molecule has 0 amide bonds. The van der Waals surface area contributed by atoms with Crippen LogP contribution in [0, 0.1) is 0 Å². The summed E-state index contributed by atoms with van der Waals surface area (Å²) in [6.45, 7) is 6.64. The molecule has 0 spiro atoms. The van der Waals surface area contributed by atoms with E-state index in [2.05, 4.69) is 197 Å². The highest BCUT2D eigenvalue weighted by molar-refractivity contribution is 5.95. The first-order valence-electron chi connectivity index (χ1n) is 19.1. The van der Waals surface area contributed by atoms with Crippen LogP contribution in [-0.4, -0.2) is 19.9 Å². The van der Waals surface area contributed by atoms with E-state index < -0.39 is 0 Å². The van der Waals surface area contributed by atoms with Crippen molar-refractivity contribution < 1.29 is 0 Å². The highest BCUT2D eigenvalue weighted by Crippen LogP contribution is 2.34. The molecular weight excluding hydrogens is 681 g/mol. The van der Waals surface area contributed by atoms with Gasteiger partial charge in [-0.3, -0.25) is 4.98 Å². The molecule has 4 heteroatoms. The Morgan fingerprint density at radius 3 is 1.23 bits per heavy atom. The Balaban J connectivity index is 1.09. The van der Waals surface area contributed by atoms with Crippen molar-refractivity contribution in [1.82, 2.24) is 19.9 Å². The summed E-state index contributed by atoms with van der Waals surface area (Å²) in [7, 11) is 0. The van der Waals surface area contributed by atoms with E-state index in [0.717, 1.165) is 61.3 Å². The zero-order chi connectivity index (χ0) is 38.1. The van der Waals surface area contributed by atoms with Gasteiger partial charge in [0.05, 0.1) is 5.69 Å². The average molecular weight is 721 g/mol. The molecule has 0 aliphatic rings. The largest absolute Gasteiger partial charge is 0.252 e. The smallest absolute Gasteiger partial charge is 0.164 e. The van der Waals surface area contributed by atoms with Crippen LogP contribution in [0.3, 0.4) is 0 Å². The molecule has 0 fully saturated rings. The van der Waals surface area contributed by atoms with Crippen LogP contribution in [0.15, 0.2) is 188 Å². The lowest BCUT2D eigenvalue weighted by Crippen LogP contribution is -2.14. The highest BCUT2D eigenvalue weighted by Gasteiger charge is 2.19. The summed E-state index contributed by atoms with van der Waals surface area (Å²) in [4.78, 5) is 20.4. The molecule has 7 aromatic carbocycles. The van der Waals surface area contributed by atoms with E-state index in [0.29, 0.717) is 17.5 Å². The third kappa shape index (κ3) is 7.13. The topological polar surface area (TPSA) is 51.6 Å². The monoisotopic (exact) mass is 720 g/mol. The van der Waals surface area contributed by atoms with Gasteiger partial charge in [0.25, 0.3) is 0 Å². The zero-order valence-corrected chi connectivity index (χ0v) is 31.7. The Morgan fingerprint density at radius 2 is 0.696 bits per heavy atom. The van der Waals surface area contributed by atoms with Gasteiger partial charge in [-0.25, -0.2) is 15.0 Å². The van der Waals surface area contributed by atoms with E-state index in [9.17, 15) is 0 Å². The van der Waals surface area contributed by atoms with Gasteiger partial charge < -0.3 is 0 Å². The third-order valence-corrected chi connectivity index (χ3v) is 10.3. The first kappa shape index (κ1) is 34.7. The molecule has 0 atom stereocenters. The van der Waals surface area contributed by atoms with E-state index >= 15 is 0 Å². The fourth-order valence-corrected chi connectivity index (χ4v) is 7.11. The molecule has 0 aliphatic heterocycles. The van der Waals surface area contributed by atoms with Gasteiger partial charge >= 0.3 is 0 Å². The minimum atomic E-state index is -0.0643. The summed E-state index contributed by atoms with van der Waals surface area (Å²) in [6.07, 6.45) is 0. The van der Waals surface area contributed by atoms with Crippen molar-refractivity contribution in [2.45, 2.75) is 26.2 Å². The van der Waals surface area contributed by atoms with E-state index in [1.807, 2.05) is 12.1 Å². The highest BCUT2D eigenvalue weighted by atomic mass is 15.0. The second-order valence-corrected chi connectivity index (χ2v) is 15.2. The van der Waals surface area contributed by atoms with Gasteiger partial charge in [0.2, 0.25) is 0 Å². The zero-order valence-electron chi connectivity index (χ0n) is 31.7. The van der Waals surface area contributed by atoms with Crippen molar-refractivity contribution >= 4 is 10.8 Å². The van der Waals surface area contributed by atoms with E-state index in [-0.39, 0.29) is 5.41 Å². The number of pyridine rings is 1. The van der Waals surface area contributed by atoms with Gasteiger partial charge in [0.15, 0.2) is 17.5 Å². The molecule has 0 unspecified atom stereocenters. The maximum Gasteiger partial charge on any atom is 0.164 e. The Morgan fingerprint density at radius 1 is 0.304 bits per heavy atom. The van der Waals surface area contributed by atoms with Gasteiger partial charge in [-0.05, 0) is 50.9 Å². The molecule has 2 aromatic heterocycles. The second-order valence-electron chi connectivity index (χ2n) is 15.2. The molecule has 0 saturated heterocycles. The van der Waals surface area contributed by atoms with Crippen LogP contribution in [0.5, 0.6) is 0 Å². The SMILES string of the molecule is CC(C)(C)c1cc2ccccc2c(-c2ccc(-c3cccc(-c4nc(-c5ccc(-c6ccccc6)cc5)nc(-c5ccc(-c6ccccc6)cc5)n4)c3)cc2)n1. The van der Waals surface area contributed by atoms with Gasteiger partial charge in [0.1, 0.15) is 0 Å². The van der Waals surface area contributed by atoms with Crippen molar-refractivity contribution in [1.29, 1.82) is 0 Å². The number of benzene rings is 7. The summed E-state index contributed by atoms with van der Waals surface area (Å²) < 4.78 is 0. The molecule has 268 valence electrons. The molecule has 4 nitrogen and oxygen atoms in total. The lowest BCUT2D eigenvalue weighted by atomic mass is 9.89. The molecule has 0 bridgehead atoms. The van der Waals surface area contributed by atoms with Crippen LogP contribution < -0.4 is 0 Å². The van der Waals surface area contributed by atoms with Crippen molar-refractivity contribution in [2.24, 2.45) is 0 Å². The standard InChI is InChI=1S/C52H40N4/c1-52(2,3)47-34-44-17-10-11-20-46(44)48(53-47)40-27-21-39(22-28-40)43-18-12-19-45(33-43)51-55-49(41-29-23-37(24-30-41)35-13-6-4-7-14-35)54-50(56-51)42-31-25-38(26-32-42)36-15-8-5-9-16-36/h4-34H,1-3H3. The molecule has 0 aliphatic carbocycles. The molecule has 9 rings (SSSR count). The average Bonchev–Trinajstić information content (AvgIpc) is 3.26. The lowest BCUT2D eigenvalue weighted by molar-refractivity contribution is 0.571. The normalized spacial score (nSPS) is 11.5. The van der Waals surface area contributed by atoms with E-state index in [1.165, 1.54) is 16.5 Å². The fourth-order valence-electron chi connectivity index (χ4n) is 7.11. The lowest BCUT2D eigenvalue weighted by Gasteiger charge is -2.20. The fraction of sp³-hybridized carbons (Fsp3) is 0.0769. The first-order chi connectivity index (χ1) is 27.4.